The van der Waals surface area contributed by atoms with E-state index in [0.717, 1.165) is 0 Å². The molecule has 5 N–H and O–H groups in total. The number of carboxylic acids is 1. The molecule has 0 saturated heterocycles. The van der Waals surface area contributed by atoms with Crippen LogP contribution in [0.25, 0.3) is 0 Å². The van der Waals surface area contributed by atoms with E-state index in [9.17, 15) is 4.79 Å². The van der Waals surface area contributed by atoms with E-state index >= 15 is 0 Å². The van der Waals surface area contributed by atoms with Gasteiger partial charge in [-0.15, -0.1) is 0 Å². The number of amides is 2. The van der Waals surface area contributed by atoms with E-state index in [-0.39, 0.29) is 47.0 Å². The van der Waals surface area contributed by atoms with Crippen LogP contribution in [0.2, 0.25) is 0 Å². The van der Waals surface area contributed by atoms with Crippen LogP contribution >= 0.6 is 0 Å². The predicted octanol–water partition coefficient (Wildman–Crippen LogP) is -0.651. The number of rotatable bonds is 1. The second kappa shape index (κ2) is 11.8. The molecule has 0 aliphatic rings. The molecule has 0 radical (unpaired) electrons. The second-order valence-corrected chi connectivity index (χ2v) is 1.15. The van der Waals surface area contributed by atoms with E-state index in [0.29, 0.717) is 0 Å². The van der Waals surface area contributed by atoms with E-state index < -0.39 is 12.0 Å². The Morgan fingerprint density at radius 2 is 1.60 bits per heavy atom. The van der Waals surface area contributed by atoms with E-state index in [2.05, 4.69) is 11.5 Å². The minimum Gasteiger partial charge on any atom is -1.00 e. The van der Waals surface area contributed by atoms with Gasteiger partial charge in [-0.05, 0) is 0 Å². The zero-order valence-corrected chi connectivity index (χ0v) is 8.04. The molecule has 58 valence electrons. The summed E-state index contributed by atoms with van der Waals surface area (Å²) < 4.78 is 0. The number of urea groups is 1. The molecule has 0 aromatic rings. The van der Waals surface area contributed by atoms with Gasteiger partial charge in [-0.3, -0.25) is 4.79 Å². The second-order valence-electron chi connectivity index (χ2n) is 1.15. The number of hydrogen-bond donors (Lipinski definition) is 3. The Kier molecular flexibility index (Phi) is 19.4. The van der Waals surface area contributed by atoms with Crippen LogP contribution in [0.15, 0.2) is 0 Å². The van der Waals surface area contributed by atoms with Gasteiger partial charge in [0.05, 0.1) is 0 Å². The number of carboxylic acid groups (broad SMARTS) is 1. The third kappa shape index (κ3) is 98.0. The van der Waals surface area contributed by atoms with Crippen LogP contribution in [0.1, 0.15) is 16.2 Å². The summed E-state index contributed by atoms with van der Waals surface area (Å²) in [4.78, 5) is 18.4. The first-order valence-corrected chi connectivity index (χ1v) is 2.27. The summed E-state index contributed by atoms with van der Waals surface area (Å²) >= 11 is 0. The van der Waals surface area contributed by atoms with Crippen molar-refractivity contribution in [1.29, 1.82) is 0 Å². The summed E-state index contributed by atoms with van der Waals surface area (Å²) in [6.07, 6.45) is 0.222. The number of aliphatic carboxylic acids is 1. The molecule has 0 aliphatic heterocycles. The van der Waals surface area contributed by atoms with Gasteiger partial charge in [-0.2, -0.15) is 0 Å². The number of carbonyl (C=O) groups is 2. The zero-order chi connectivity index (χ0) is 7.86. The Bertz CT molecular complexity index is 110. The molecule has 6 heteroatoms. The fourth-order valence-electron chi connectivity index (χ4n) is 0. The number of nitrogens with two attached hydrogens (primary N) is 2. The zero-order valence-electron chi connectivity index (χ0n) is 7.83. The molecule has 0 aliphatic carbocycles. The van der Waals surface area contributed by atoms with Gasteiger partial charge >= 0.3 is 49.7 Å². The molecule has 0 bridgehead atoms. The van der Waals surface area contributed by atoms with Crippen molar-refractivity contribution in [2.45, 2.75) is 13.3 Å². The van der Waals surface area contributed by atoms with Crippen molar-refractivity contribution in [3.05, 3.63) is 0 Å². The molecule has 0 atom stereocenters. The minimum absolute atomic E-state index is 0. The van der Waals surface area contributed by atoms with Crippen molar-refractivity contribution < 1.29 is 17.5 Å². The van der Waals surface area contributed by atoms with Gasteiger partial charge in [0.15, 0.2) is 0 Å². The van der Waals surface area contributed by atoms with Gasteiger partial charge in [0.2, 0.25) is 0 Å². The number of primary amides is 2. The molecule has 0 aromatic carbocycles. The van der Waals surface area contributed by atoms with Crippen molar-refractivity contribution in [2.75, 3.05) is 0 Å². The van der Waals surface area contributed by atoms with Gasteiger partial charge in [0.1, 0.15) is 0 Å². The fourth-order valence-corrected chi connectivity index (χ4v) is 0. The molecule has 0 spiro atoms. The molecule has 10 heavy (non-hydrogen) atoms. The molecule has 0 aromatic heterocycles. The summed E-state index contributed by atoms with van der Waals surface area (Å²) in [5, 5.41) is 7.72. The topological polar surface area (TPSA) is 106 Å². The van der Waals surface area contributed by atoms with E-state index in [4.69, 9.17) is 9.90 Å². The van der Waals surface area contributed by atoms with Gasteiger partial charge in [-0.1, -0.05) is 6.92 Å². The first-order chi connectivity index (χ1) is 4.00. The maximum absolute atomic E-state index is 9.37. The molecule has 0 fully saturated rings. The minimum atomic E-state index is -0.833. The summed E-state index contributed by atoms with van der Waals surface area (Å²) in [5.41, 5.74) is 8.50. The fraction of sp³-hybridized carbons (Fsp3) is 0.500. The summed E-state index contributed by atoms with van der Waals surface area (Å²) in [7, 11) is 0. The molecule has 0 saturated carbocycles. The Balaban J connectivity index is -0.0000000221. The average Bonchev–Trinajstić information content (AvgIpc) is 1.65. The smallest absolute Gasteiger partial charge is 1.00 e. The van der Waals surface area contributed by atoms with Crippen LogP contribution in [0.4, 0.5) is 4.79 Å². The SMILES string of the molecule is CCC(=O)O.NC(N)=O.[Ca+2].[H-].[H-]. The maximum Gasteiger partial charge on any atom is 2.00 e. The van der Waals surface area contributed by atoms with Gasteiger partial charge < -0.3 is 19.4 Å². The van der Waals surface area contributed by atoms with E-state index in [1.165, 1.54) is 0 Å². The largest absolute Gasteiger partial charge is 2.00 e. The third-order valence-corrected chi connectivity index (χ3v) is 0.302. The Labute approximate surface area is 91.7 Å². The van der Waals surface area contributed by atoms with Crippen LogP contribution in [0.3, 0.4) is 0 Å². The summed E-state index contributed by atoms with van der Waals surface area (Å²) in [6, 6.07) is -0.833. The molecule has 0 rings (SSSR count). The number of carbonyl (C=O) groups excluding carboxylic acids is 1. The average molecular weight is 176 g/mol. The normalized spacial score (nSPS) is 6.10. The molecular weight excluding hydrogens is 164 g/mol. The predicted molar refractivity (Wildman–Crippen MR) is 39.7 cm³/mol. The molecular formula is C4H12CaN2O3. The van der Waals surface area contributed by atoms with Crippen LogP contribution in [-0.4, -0.2) is 54.8 Å². The van der Waals surface area contributed by atoms with Crippen LogP contribution in [0.5, 0.6) is 0 Å². The van der Waals surface area contributed by atoms with Gasteiger partial charge in [-0.25, -0.2) is 4.79 Å². The van der Waals surface area contributed by atoms with Crippen molar-refractivity contribution in [2.24, 2.45) is 11.5 Å². The van der Waals surface area contributed by atoms with E-state index in [1.807, 2.05) is 0 Å². The Morgan fingerprint density at radius 1 is 1.50 bits per heavy atom. The van der Waals surface area contributed by atoms with Crippen LogP contribution in [-0.2, 0) is 4.79 Å². The molecule has 0 heterocycles. The Morgan fingerprint density at radius 3 is 1.60 bits per heavy atom. The summed E-state index contributed by atoms with van der Waals surface area (Å²) in [5.74, 6) is -0.745. The first kappa shape index (κ1) is 16.5. The van der Waals surface area contributed by atoms with Crippen molar-refractivity contribution in [3.63, 3.8) is 0 Å². The van der Waals surface area contributed by atoms with Crippen LogP contribution in [0, 0.1) is 0 Å². The quantitative estimate of drug-likeness (QED) is 0.462. The van der Waals surface area contributed by atoms with Crippen molar-refractivity contribution >= 4 is 49.7 Å². The molecule has 5 nitrogen and oxygen atoms in total. The summed E-state index contributed by atoms with van der Waals surface area (Å²) in [6.45, 7) is 1.60. The van der Waals surface area contributed by atoms with Crippen LogP contribution < -0.4 is 11.5 Å². The standard InChI is InChI=1S/C3H6O2.CH4N2O.Ca.2H/c1-2-3(4)5;2-1(3)4;;;/h2H2,1H3,(H,4,5);(H4,2,3,4);;;/q;;+2;2*-1. The van der Waals surface area contributed by atoms with Gasteiger partial charge in [0, 0.05) is 6.42 Å². The number of hydrogen-bond acceptors (Lipinski definition) is 2. The van der Waals surface area contributed by atoms with Crippen molar-refractivity contribution in [3.8, 4) is 0 Å². The Hall–Kier alpha value is -0.000260. The van der Waals surface area contributed by atoms with E-state index in [1.54, 1.807) is 6.92 Å². The maximum atomic E-state index is 9.37. The monoisotopic (exact) mass is 176 g/mol. The first-order valence-electron chi connectivity index (χ1n) is 2.27. The molecule has 0 unspecified atom stereocenters. The van der Waals surface area contributed by atoms with Gasteiger partial charge in [0.25, 0.3) is 0 Å². The molecule has 2 amide bonds. The third-order valence-electron chi connectivity index (χ3n) is 0.302. The van der Waals surface area contributed by atoms with Crippen molar-refractivity contribution in [1.82, 2.24) is 0 Å².